The van der Waals surface area contributed by atoms with E-state index in [1.807, 2.05) is 24.3 Å². The number of amides is 1. The predicted molar refractivity (Wildman–Crippen MR) is 121 cm³/mol. The Labute approximate surface area is 188 Å². The summed E-state index contributed by atoms with van der Waals surface area (Å²) < 4.78 is 5.54. The van der Waals surface area contributed by atoms with Crippen LogP contribution in [0.1, 0.15) is 22.7 Å². The van der Waals surface area contributed by atoms with Gasteiger partial charge in [-0.3, -0.25) is 19.5 Å². The number of nitrogens with zero attached hydrogens (tertiary/aromatic N) is 3. The third kappa shape index (κ3) is 2.99. The second-order valence-electron chi connectivity index (χ2n) is 7.95. The minimum absolute atomic E-state index is 0.00711. The van der Waals surface area contributed by atoms with Crippen molar-refractivity contribution >= 4 is 34.4 Å². The fraction of sp³-hybridized carbons (Fsp3) is 0.120. The summed E-state index contributed by atoms with van der Waals surface area (Å²) in [6, 6.07) is 15.2. The molecule has 1 saturated heterocycles. The molecule has 1 amide bonds. The average molecular weight is 438 g/mol. The molecule has 2 aromatic carbocycles. The first-order chi connectivity index (χ1) is 16.1. The molecular formula is C25H18N4O4. The SMILES string of the molecule is O=C1C(=O)N(c2nc3ccccc3[nH]2)C(c2cccnc2)/C1=C(\O)c1ccc2c(c1)CCO2. The van der Waals surface area contributed by atoms with Crippen LogP contribution in [-0.2, 0) is 16.0 Å². The Morgan fingerprint density at radius 3 is 2.82 bits per heavy atom. The van der Waals surface area contributed by atoms with Gasteiger partial charge in [0.1, 0.15) is 11.5 Å². The summed E-state index contributed by atoms with van der Waals surface area (Å²) in [5, 5.41) is 11.3. The van der Waals surface area contributed by atoms with Crippen LogP contribution >= 0.6 is 0 Å². The molecule has 0 saturated carbocycles. The first-order valence-electron chi connectivity index (χ1n) is 10.5. The van der Waals surface area contributed by atoms with Crippen LogP contribution in [0.3, 0.4) is 0 Å². The number of aliphatic hydroxyl groups is 1. The van der Waals surface area contributed by atoms with Crippen LogP contribution in [0.15, 0.2) is 72.6 Å². The fourth-order valence-electron chi connectivity index (χ4n) is 4.45. The molecule has 0 spiro atoms. The van der Waals surface area contributed by atoms with E-state index in [2.05, 4.69) is 15.0 Å². The van der Waals surface area contributed by atoms with E-state index in [-0.39, 0.29) is 17.3 Å². The quantitative estimate of drug-likeness (QED) is 0.288. The van der Waals surface area contributed by atoms with Crippen LogP contribution in [0.2, 0.25) is 0 Å². The first-order valence-corrected chi connectivity index (χ1v) is 10.5. The van der Waals surface area contributed by atoms with Gasteiger partial charge in [0, 0.05) is 24.4 Å². The number of imidazole rings is 1. The molecule has 8 heteroatoms. The molecule has 4 heterocycles. The monoisotopic (exact) mass is 438 g/mol. The van der Waals surface area contributed by atoms with E-state index >= 15 is 0 Å². The van der Waals surface area contributed by atoms with E-state index in [9.17, 15) is 14.7 Å². The Kier molecular flexibility index (Phi) is 4.26. The van der Waals surface area contributed by atoms with E-state index < -0.39 is 17.7 Å². The number of anilines is 1. The van der Waals surface area contributed by atoms with Crippen molar-refractivity contribution in [2.75, 3.05) is 11.5 Å². The molecule has 33 heavy (non-hydrogen) atoms. The number of fused-ring (bicyclic) bond motifs is 2. The maximum atomic E-state index is 13.2. The van der Waals surface area contributed by atoms with Crippen molar-refractivity contribution < 1.29 is 19.4 Å². The van der Waals surface area contributed by atoms with Crippen LogP contribution in [0.5, 0.6) is 5.75 Å². The third-order valence-corrected chi connectivity index (χ3v) is 6.01. The molecular weight excluding hydrogens is 420 g/mol. The smallest absolute Gasteiger partial charge is 0.302 e. The highest BCUT2D eigenvalue weighted by atomic mass is 16.5. The molecule has 162 valence electrons. The van der Waals surface area contributed by atoms with Gasteiger partial charge < -0.3 is 14.8 Å². The number of aromatic nitrogens is 3. The molecule has 0 aliphatic carbocycles. The molecule has 4 aromatic rings. The summed E-state index contributed by atoms with van der Waals surface area (Å²) >= 11 is 0. The Hall–Kier alpha value is -4.46. The number of benzene rings is 2. The number of aliphatic hydroxyl groups excluding tert-OH is 1. The van der Waals surface area contributed by atoms with Gasteiger partial charge in [-0.05, 0) is 47.5 Å². The van der Waals surface area contributed by atoms with Crippen molar-refractivity contribution in [2.24, 2.45) is 0 Å². The largest absolute Gasteiger partial charge is 0.507 e. The van der Waals surface area contributed by atoms with Crippen LogP contribution < -0.4 is 9.64 Å². The number of carbonyl (C=O) groups excluding carboxylic acids is 2. The molecule has 2 N–H and O–H groups in total. The lowest BCUT2D eigenvalue weighted by Gasteiger charge is -2.22. The van der Waals surface area contributed by atoms with Gasteiger partial charge >= 0.3 is 5.91 Å². The summed E-state index contributed by atoms with van der Waals surface area (Å²) in [6.45, 7) is 0.575. The van der Waals surface area contributed by atoms with Crippen LogP contribution in [-0.4, -0.2) is 38.4 Å². The molecule has 8 nitrogen and oxygen atoms in total. The number of ether oxygens (including phenoxy) is 1. The Balaban J connectivity index is 1.55. The van der Waals surface area contributed by atoms with Gasteiger partial charge in [0.25, 0.3) is 5.78 Å². The van der Waals surface area contributed by atoms with E-state index in [1.165, 1.54) is 4.90 Å². The number of H-pyrrole nitrogens is 1. The molecule has 2 aliphatic heterocycles. The molecule has 6 rings (SSSR count). The topological polar surface area (TPSA) is 108 Å². The van der Waals surface area contributed by atoms with Gasteiger partial charge in [-0.25, -0.2) is 4.98 Å². The van der Waals surface area contributed by atoms with Crippen LogP contribution in [0.25, 0.3) is 16.8 Å². The normalized spacial score (nSPS) is 19.2. The van der Waals surface area contributed by atoms with Gasteiger partial charge in [-0.15, -0.1) is 0 Å². The number of rotatable bonds is 3. The van der Waals surface area contributed by atoms with E-state index in [0.29, 0.717) is 23.3 Å². The number of ketones is 1. The maximum Gasteiger partial charge on any atom is 0.302 e. The summed E-state index contributed by atoms with van der Waals surface area (Å²) in [7, 11) is 0. The minimum atomic E-state index is -0.885. The van der Waals surface area contributed by atoms with Crippen LogP contribution in [0.4, 0.5) is 5.95 Å². The highest BCUT2D eigenvalue weighted by molar-refractivity contribution is 6.51. The molecule has 0 radical (unpaired) electrons. The lowest BCUT2D eigenvalue weighted by atomic mass is 9.95. The summed E-state index contributed by atoms with van der Waals surface area (Å²) in [6.07, 6.45) is 3.91. The highest BCUT2D eigenvalue weighted by Gasteiger charge is 2.48. The van der Waals surface area contributed by atoms with Crippen molar-refractivity contribution in [2.45, 2.75) is 12.5 Å². The zero-order valence-electron chi connectivity index (χ0n) is 17.4. The van der Waals surface area contributed by atoms with Crippen molar-refractivity contribution in [1.29, 1.82) is 0 Å². The lowest BCUT2D eigenvalue weighted by Crippen LogP contribution is -2.30. The summed E-state index contributed by atoms with van der Waals surface area (Å²) in [5.74, 6) is -0.797. The van der Waals surface area contributed by atoms with E-state index in [4.69, 9.17) is 4.74 Å². The molecule has 1 unspecified atom stereocenters. The summed E-state index contributed by atoms with van der Waals surface area (Å²) in [4.78, 5) is 39.6. The summed E-state index contributed by atoms with van der Waals surface area (Å²) in [5.41, 5.74) is 3.38. The molecule has 0 bridgehead atoms. The zero-order valence-corrected chi connectivity index (χ0v) is 17.4. The number of carbonyl (C=O) groups is 2. The van der Waals surface area contributed by atoms with Gasteiger partial charge in [-0.2, -0.15) is 0 Å². The number of nitrogens with one attached hydrogen (secondary N) is 1. The second kappa shape index (κ2) is 7.30. The fourth-order valence-corrected chi connectivity index (χ4v) is 4.45. The third-order valence-electron chi connectivity index (χ3n) is 6.01. The molecule has 2 aliphatic rings. The highest BCUT2D eigenvalue weighted by Crippen LogP contribution is 2.42. The van der Waals surface area contributed by atoms with E-state index in [0.717, 1.165) is 23.3 Å². The standard InChI is InChI=1S/C25H18N4O4/c30-22(15-7-8-19-14(12-15)9-11-33-19)20-21(16-4-3-10-26-13-16)29(24(32)23(20)31)25-27-17-5-1-2-6-18(17)28-25/h1-8,10,12-13,21,30H,9,11H2,(H,27,28)/b22-20+. The number of para-hydroxylation sites is 2. The number of hydrogen-bond acceptors (Lipinski definition) is 6. The molecule has 2 aromatic heterocycles. The Morgan fingerprint density at radius 1 is 1.12 bits per heavy atom. The number of aromatic amines is 1. The van der Waals surface area contributed by atoms with Crippen LogP contribution in [0, 0.1) is 0 Å². The first kappa shape index (κ1) is 19.2. The number of pyridine rings is 1. The number of hydrogen-bond donors (Lipinski definition) is 2. The van der Waals surface area contributed by atoms with Gasteiger partial charge in [0.15, 0.2) is 0 Å². The van der Waals surface area contributed by atoms with E-state index in [1.54, 1.807) is 42.7 Å². The number of Topliss-reactive ketones (excluding diaryl/α,β-unsaturated/α-hetero) is 1. The van der Waals surface area contributed by atoms with Crippen molar-refractivity contribution in [3.05, 3.63) is 89.3 Å². The zero-order chi connectivity index (χ0) is 22.5. The van der Waals surface area contributed by atoms with Crippen molar-refractivity contribution in [1.82, 2.24) is 15.0 Å². The Morgan fingerprint density at radius 2 is 2.00 bits per heavy atom. The Bertz CT molecular complexity index is 1420. The second-order valence-corrected chi connectivity index (χ2v) is 7.95. The van der Waals surface area contributed by atoms with Gasteiger partial charge in [0.05, 0.1) is 29.3 Å². The molecule has 1 atom stereocenters. The van der Waals surface area contributed by atoms with Gasteiger partial charge in [0.2, 0.25) is 5.95 Å². The maximum absolute atomic E-state index is 13.2. The lowest BCUT2D eigenvalue weighted by molar-refractivity contribution is -0.132. The average Bonchev–Trinajstić information content (AvgIpc) is 3.55. The minimum Gasteiger partial charge on any atom is -0.507 e. The van der Waals surface area contributed by atoms with Gasteiger partial charge in [-0.1, -0.05) is 18.2 Å². The van der Waals surface area contributed by atoms with Crippen molar-refractivity contribution in [3.8, 4) is 5.75 Å². The van der Waals surface area contributed by atoms with Crippen molar-refractivity contribution in [3.63, 3.8) is 0 Å². The molecule has 1 fully saturated rings. The predicted octanol–water partition coefficient (Wildman–Crippen LogP) is 3.52.